The van der Waals surface area contributed by atoms with Gasteiger partial charge < -0.3 is 10.2 Å². The largest absolute Gasteiger partial charge is 0.481 e. The van der Waals surface area contributed by atoms with Crippen molar-refractivity contribution in [3.63, 3.8) is 0 Å². The normalized spacial score (nSPS) is 11.2. The lowest BCUT2D eigenvalue weighted by Crippen LogP contribution is -2.29. The quantitative estimate of drug-likeness (QED) is 0.802. The number of hydrogen-bond acceptors (Lipinski definition) is 2. The molecule has 126 valence electrons. The van der Waals surface area contributed by atoms with Crippen molar-refractivity contribution in [2.75, 3.05) is 0 Å². The molecular weight excluding hydrogens is 304 g/mol. The summed E-state index contributed by atoms with van der Waals surface area (Å²) in [6, 6.07) is 15.6. The van der Waals surface area contributed by atoms with Crippen molar-refractivity contribution in [2.24, 2.45) is 0 Å². The molecule has 0 bridgehead atoms. The molecule has 2 N–H and O–H groups in total. The number of hydrogen-bond donors (Lipinski definition) is 2. The number of aliphatic carboxylic acids is 2. The first kappa shape index (κ1) is 17.7. The summed E-state index contributed by atoms with van der Waals surface area (Å²) in [4.78, 5) is 22.4. The van der Waals surface area contributed by atoms with Crippen molar-refractivity contribution in [3.8, 4) is 11.1 Å². The summed E-state index contributed by atoms with van der Waals surface area (Å²) < 4.78 is 0. The third-order valence-electron chi connectivity index (χ3n) is 4.26. The fourth-order valence-electron chi connectivity index (χ4n) is 2.77. The highest BCUT2D eigenvalue weighted by molar-refractivity contribution is 5.81. The standard InChI is InChI=1S/C20H22O4/c1-20(2,19(23)24)17-12-11-15(14-7-4-3-5-8-14)13-16(17)9-6-10-18(21)22/h3-5,7-8,11-13H,6,9-10H2,1-2H3,(H,21,22)(H,23,24). The predicted octanol–water partition coefficient (Wildman–Crippen LogP) is 4.12. The molecule has 0 radical (unpaired) electrons. The molecule has 0 saturated heterocycles. The van der Waals surface area contributed by atoms with Gasteiger partial charge in [-0.1, -0.05) is 48.5 Å². The van der Waals surface area contributed by atoms with Gasteiger partial charge in [0.25, 0.3) is 0 Å². The van der Waals surface area contributed by atoms with Gasteiger partial charge in [0.1, 0.15) is 0 Å². The Kier molecular flexibility index (Phi) is 5.39. The Bertz CT molecular complexity index is 733. The van der Waals surface area contributed by atoms with Gasteiger partial charge in [-0.15, -0.1) is 0 Å². The summed E-state index contributed by atoms with van der Waals surface area (Å²) in [5, 5.41) is 18.4. The maximum atomic E-state index is 11.6. The zero-order valence-corrected chi connectivity index (χ0v) is 14.0. The molecule has 0 unspecified atom stereocenters. The molecule has 0 amide bonds. The van der Waals surface area contributed by atoms with E-state index in [0.29, 0.717) is 12.8 Å². The predicted molar refractivity (Wildman–Crippen MR) is 93.1 cm³/mol. The third-order valence-corrected chi connectivity index (χ3v) is 4.26. The van der Waals surface area contributed by atoms with Gasteiger partial charge in [0.2, 0.25) is 0 Å². The van der Waals surface area contributed by atoms with Crippen LogP contribution in [0, 0.1) is 0 Å². The minimum Gasteiger partial charge on any atom is -0.481 e. The van der Waals surface area contributed by atoms with E-state index in [1.165, 1.54) is 0 Å². The first-order chi connectivity index (χ1) is 11.3. The highest BCUT2D eigenvalue weighted by atomic mass is 16.4. The molecule has 24 heavy (non-hydrogen) atoms. The van der Waals surface area contributed by atoms with Crippen LogP contribution in [0.2, 0.25) is 0 Å². The molecule has 0 saturated carbocycles. The zero-order valence-electron chi connectivity index (χ0n) is 14.0. The molecule has 0 aliphatic rings. The molecule has 2 aromatic carbocycles. The van der Waals surface area contributed by atoms with Gasteiger partial charge in [0.15, 0.2) is 0 Å². The van der Waals surface area contributed by atoms with Gasteiger partial charge in [-0.05, 0) is 48.9 Å². The fourth-order valence-corrected chi connectivity index (χ4v) is 2.77. The van der Waals surface area contributed by atoms with E-state index in [-0.39, 0.29) is 6.42 Å². The van der Waals surface area contributed by atoms with Crippen LogP contribution in [0.4, 0.5) is 0 Å². The zero-order chi connectivity index (χ0) is 17.7. The van der Waals surface area contributed by atoms with Crippen LogP contribution in [-0.2, 0) is 21.4 Å². The maximum absolute atomic E-state index is 11.6. The number of carboxylic acids is 2. The number of benzene rings is 2. The van der Waals surface area contributed by atoms with E-state index in [9.17, 15) is 14.7 Å². The topological polar surface area (TPSA) is 74.6 Å². The Morgan fingerprint density at radius 1 is 0.958 bits per heavy atom. The molecule has 0 heterocycles. The van der Waals surface area contributed by atoms with Gasteiger partial charge in [-0.2, -0.15) is 0 Å². The summed E-state index contributed by atoms with van der Waals surface area (Å²) in [7, 11) is 0. The molecular formula is C20H22O4. The second-order valence-corrected chi connectivity index (χ2v) is 6.42. The van der Waals surface area contributed by atoms with Gasteiger partial charge in [0.05, 0.1) is 5.41 Å². The lowest BCUT2D eigenvalue weighted by Gasteiger charge is -2.24. The van der Waals surface area contributed by atoms with Crippen LogP contribution in [0.1, 0.15) is 37.8 Å². The Balaban J connectivity index is 2.43. The van der Waals surface area contributed by atoms with Crippen molar-refractivity contribution in [1.29, 1.82) is 0 Å². The van der Waals surface area contributed by atoms with Crippen molar-refractivity contribution < 1.29 is 19.8 Å². The Morgan fingerprint density at radius 3 is 2.21 bits per heavy atom. The van der Waals surface area contributed by atoms with Crippen LogP contribution in [-0.4, -0.2) is 22.2 Å². The fraction of sp³-hybridized carbons (Fsp3) is 0.300. The van der Waals surface area contributed by atoms with E-state index in [4.69, 9.17) is 5.11 Å². The summed E-state index contributed by atoms with van der Waals surface area (Å²) in [6.07, 6.45) is 1.10. The molecule has 0 atom stereocenters. The number of rotatable bonds is 7. The van der Waals surface area contributed by atoms with Crippen LogP contribution in [0.15, 0.2) is 48.5 Å². The summed E-state index contributed by atoms with van der Waals surface area (Å²) in [5.74, 6) is -1.73. The molecule has 0 aliphatic carbocycles. The lowest BCUT2D eigenvalue weighted by molar-refractivity contribution is -0.142. The number of carbonyl (C=O) groups is 2. The van der Waals surface area contributed by atoms with Gasteiger partial charge in [0, 0.05) is 6.42 Å². The smallest absolute Gasteiger partial charge is 0.313 e. The van der Waals surface area contributed by atoms with Crippen LogP contribution in [0.25, 0.3) is 11.1 Å². The second kappa shape index (κ2) is 7.30. The van der Waals surface area contributed by atoms with Crippen molar-refractivity contribution in [2.45, 2.75) is 38.5 Å². The minimum atomic E-state index is -1.02. The van der Waals surface area contributed by atoms with Crippen LogP contribution < -0.4 is 0 Å². The van der Waals surface area contributed by atoms with Crippen LogP contribution >= 0.6 is 0 Å². The number of carboxylic acid groups (broad SMARTS) is 2. The van der Waals surface area contributed by atoms with E-state index in [0.717, 1.165) is 22.3 Å². The molecule has 0 aliphatic heterocycles. The van der Waals surface area contributed by atoms with Gasteiger partial charge in [-0.25, -0.2) is 0 Å². The molecule has 2 rings (SSSR count). The van der Waals surface area contributed by atoms with Crippen molar-refractivity contribution in [1.82, 2.24) is 0 Å². The third kappa shape index (κ3) is 4.02. The van der Waals surface area contributed by atoms with Crippen molar-refractivity contribution in [3.05, 3.63) is 59.7 Å². The monoisotopic (exact) mass is 326 g/mol. The van der Waals surface area contributed by atoms with Gasteiger partial charge in [-0.3, -0.25) is 9.59 Å². The maximum Gasteiger partial charge on any atom is 0.313 e. The summed E-state index contributed by atoms with van der Waals surface area (Å²) in [5.41, 5.74) is 2.67. The average molecular weight is 326 g/mol. The molecule has 4 nitrogen and oxygen atoms in total. The van der Waals surface area contributed by atoms with Crippen molar-refractivity contribution >= 4 is 11.9 Å². The Morgan fingerprint density at radius 2 is 1.62 bits per heavy atom. The molecule has 4 heteroatoms. The first-order valence-corrected chi connectivity index (χ1v) is 7.96. The van der Waals surface area contributed by atoms with E-state index < -0.39 is 17.4 Å². The van der Waals surface area contributed by atoms with Crippen LogP contribution in [0.3, 0.4) is 0 Å². The summed E-state index contributed by atoms with van der Waals surface area (Å²) >= 11 is 0. The second-order valence-electron chi connectivity index (χ2n) is 6.42. The molecule has 0 fully saturated rings. The molecule has 2 aromatic rings. The van der Waals surface area contributed by atoms with Gasteiger partial charge >= 0.3 is 11.9 Å². The average Bonchev–Trinajstić information content (AvgIpc) is 2.55. The molecule has 0 aromatic heterocycles. The highest BCUT2D eigenvalue weighted by Gasteiger charge is 2.31. The first-order valence-electron chi connectivity index (χ1n) is 7.96. The SMILES string of the molecule is CC(C)(C(=O)O)c1ccc(-c2ccccc2)cc1CCCC(=O)O. The summed E-state index contributed by atoms with van der Waals surface area (Å²) in [6.45, 7) is 3.35. The number of aryl methyl sites for hydroxylation is 1. The molecule has 0 spiro atoms. The Hall–Kier alpha value is -2.62. The van der Waals surface area contributed by atoms with E-state index in [1.807, 2.05) is 48.5 Å². The van der Waals surface area contributed by atoms with E-state index >= 15 is 0 Å². The van der Waals surface area contributed by atoms with Crippen LogP contribution in [0.5, 0.6) is 0 Å². The van der Waals surface area contributed by atoms with E-state index in [1.54, 1.807) is 13.8 Å². The highest BCUT2D eigenvalue weighted by Crippen LogP contribution is 2.31. The minimum absolute atomic E-state index is 0.0719. The lowest BCUT2D eigenvalue weighted by atomic mass is 9.79. The Labute approximate surface area is 141 Å². The van der Waals surface area contributed by atoms with E-state index in [2.05, 4.69) is 0 Å².